The first-order chi connectivity index (χ1) is 18.0. The van der Waals surface area contributed by atoms with Gasteiger partial charge in [-0.15, -0.1) is 0 Å². The maximum Gasteiger partial charge on any atom is 0.321 e. The molecular formula is C29H38N6O2. The number of urea groups is 1. The number of amides is 2. The number of benzene rings is 1. The number of ether oxygens (including phenoxy) is 1. The number of piperazine rings is 1. The number of anilines is 1. The van der Waals surface area contributed by atoms with E-state index in [1.54, 1.807) is 6.33 Å². The molecule has 2 saturated heterocycles. The van der Waals surface area contributed by atoms with E-state index in [2.05, 4.69) is 45.3 Å². The molecule has 0 radical (unpaired) electrons. The summed E-state index contributed by atoms with van der Waals surface area (Å²) in [6, 6.07) is 6.54. The number of carbonyl (C=O) groups is 1. The summed E-state index contributed by atoms with van der Waals surface area (Å²) < 4.78 is 5.76. The molecule has 2 amide bonds. The number of likely N-dealkylation sites (N-methyl/N-ethyl adjacent to an activating group) is 1. The summed E-state index contributed by atoms with van der Waals surface area (Å²) in [4.78, 5) is 29.0. The Bertz CT molecular complexity index is 1200. The van der Waals surface area contributed by atoms with Crippen LogP contribution in [0, 0.1) is 0 Å². The predicted octanol–water partition coefficient (Wildman–Crippen LogP) is 4.42. The Hall–Kier alpha value is -3.39. The van der Waals surface area contributed by atoms with Gasteiger partial charge in [0.05, 0.1) is 17.3 Å². The molecule has 8 nitrogen and oxygen atoms in total. The van der Waals surface area contributed by atoms with Crippen molar-refractivity contribution in [1.82, 2.24) is 25.1 Å². The van der Waals surface area contributed by atoms with Crippen LogP contribution in [0.15, 0.2) is 60.3 Å². The van der Waals surface area contributed by atoms with Crippen LogP contribution in [-0.2, 0) is 4.74 Å². The molecule has 0 saturated carbocycles. The lowest BCUT2D eigenvalue weighted by Crippen LogP contribution is -2.44. The second-order valence-corrected chi connectivity index (χ2v) is 10.5. The third-order valence-corrected chi connectivity index (χ3v) is 7.39. The van der Waals surface area contributed by atoms with Gasteiger partial charge in [-0.25, -0.2) is 14.8 Å². The van der Waals surface area contributed by atoms with E-state index in [9.17, 15) is 4.79 Å². The summed E-state index contributed by atoms with van der Waals surface area (Å²) in [6.45, 7) is 9.65. The maximum absolute atomic E-state index is 13.0. The number of fused-ring (bicyclic) bond motifs is 1. The van der Waals surface area contributed by atoms with Gasteiger partial charge in [-0.05, 0) is 70.2 Å². The van der Waals surface area contributed by atoms with Crippen molar-refractivity contribution in [2.45, 2.75) is 45.1 Å². The van der Waals surface area contributed by atoms with Gasteiger partial charge >= 0.3 is 6.03 Å². The highest BCUT2D eigenvalue weighted by atomic mass is 16.5. The van der Waals surface area contributed by atoms with Gasteiger partial charge in [0, 0.05) is 68.4 Å². The summed E-state index contributed by atoms with van der Waals surface area (Å²) in [5.41, 5.74) is 4.23. The maximum atomic E-state index is 13.0. The topological polar surface area (TPSA) is 73.8 Å². The molecule has 0 bridgehead atoms. The average Bonchev–Trinajstić information content (AvgIpc) is 3.13. The van der Waals surface area contributed by atoms with Gasteiger partial charge in [-0.3, -0.25) is 0 Å². The van der Waals surface area contributed by atoms with Crippen molar-refractivity contribution in [3.8, 4) is 0 Å². The first kappa shape index (κ1) is 25.3. The number of piperidine rings is 1. The predicted molar refractivity (Wildman–Crippen MR) is 147 cm³/mol. The van der Waals surface area contributed by atoms with Gasteiger partial charge in [0.2, 0.25) is 0 Å². The average molecular weight is 503 g/mol. The molecule has 1 aromatic heterocycles. The van der Waals surface area contributed by atoms with Crippen LogP contribution in [0.3, 0.4) is 0 Å². The number of nitrogens with one attached hydrogen (secondary N) is 1. The second-order valence-electron chi connectivity index (χ2n) is 10.5. The van der Waals surface area contributed by atoms with Crippen molar-refractivity contribution in [1.29, 1.82) is 0 Å². The molecule has 5 rings (SSSR count). The number of aromatic nitrogens is 2. The minimum Gasteiger partial charge on any atom is -0.491 e. The van der Waals surface area contributed by atoms with Crippen LogP contribution < -0.4 is 10.2 Å². The zero-order valence-corrected chi connectivity index (χ0v) is 22.2. The van der Waals surface area contributed by atoms with Crippen LogP contribution in [0.25, 0.3) is 10.9 Å². The third kappa shape index (κ3) is 6.13. The second kappa shape index (κ2) is 11.3. The van der Waals surface area contributed by atoms with Gasteiger partial charge in [-0.1, -0.05) is 6.08 Å². The Morgan fingerprint density at radius 2 is 1.84 bits per heavy atom. The summed E-state index contributed by atoms with van der Waals surface area (Å²) in [7, 11) is 2.18. The highest BCUT2D eigenvalue weighted by molar-refractivity contribution is 5.85. The Morgan fingerprint density at radius 1 is 1.05 bits per heavy atom. The third-order valence-electron chi connectivity index (χ3n) is 7.39. The van der Waals surface area contributed by atoms with E-state index in [1.807, 2.05) is 43.1 Å². The number of carbonyl (C=O) groups excluding carboxylic acids is 1. The fourth-order valence-electron chi connectivity index (χ4n) is 5.28. The molecule has 1 N–H and O–H groups in total. The fourth-order valence-corrected chi connectivity index (χ4v) is 5.28. The van der Waals surface area contributed by atoms with Gasteiger partial charge in [0.25, 0.3) is 0 Å². The van der Waals surface area contributed by atoms with Crippen LogP contribution in [0.4, 0.5) is 10.5 Å². The fraction of sp³-hybridized carbons (Fsp3) is 0.483. The van der Waals surface area contributed by atoms with Crippen molar-refractivity contribution in [3.63, 3.8) is 0 Å². The van der Waals surface area contributed by atoms with Crippen LogP contribution in [0.1, 0.15) is 44.7 Å². The van der Waals surface area contributed by atoms with Gasteiger partial charge in [-0.2, -0.15) is 0 Å². The normalized spacial score (nSPS) is 19.6. The lowest BCUT2D eigenvalue weighted by molar-refractivity contribution is 0.158. The Kier molecular flexibility index (Phi) is 7.74. The molecule has 196 valence electrons. The van der Waals surface area contributed by atoms with Crippen molar-refractivity contribution in [2.75, 3.05) is 51.2 Å². The molecule has 2 fully saturated rings. The quantitative estimate of drug-likeness (QED) is 0.652. The Morgan fingerprint density at radius 3 is 2.59 bits per heavy atom. The standard InChI is InChI=1S/C29H38N6O2/c1-21(2)37-25-6-4-5-23(7-9-25)32-29(36)35-13-11-22(12-14-35)28-26-19-24(8-10-27(26)30-20-31-28)34-17-15-33(3)16-18-34/h4,6-10,19-22H,5,11-18H2,1-3H3,(H,32,36). The lowest BCUT2D eigenvalue weighted by atomic mass is 9.91. The number of hydrogen-bond acceptors (Lipinski definition) is 6. The minimum atomic E-state index is -0.0374. The van der Waals surface area contributed by atoms with Gasteiger partial charge in [0.1, 0.15) is 12.1 Å². The van der Waals surface area contributed by atoms with Crippen LogP contribution in [0.5, 0.6) is 0 Å². The molecule has 1 aliphatic carbocycles. The van der Waals surface area contributed by atoms with Crippen molar-refractivity contribution in [3.05, 3.63) is 66.0 Å². The Balaban J connectivity index is 1.23. The number of rotatable bonds is 5. The molecule has 0 unspecified atom stereocenters. The van der Waals surface area contributed by atoms with E-state index >= 15 is 0 Å². The molecule has 0 atom stereocenters. The SMILES string of the molecule is CC(C)OC1=CC=C(NC(=O)N2CCC(c3ncnc4ccc(N5CCN(C)CC5)cc34)CC2)CC=C1. The lowest BCUT2D eigenvalue weighted by Gasteiger charge is -2.34. The molecule has 2 aliphatic heterocycles. The van der Waals surface area contributed by atoms with Crippen molar-refractivity contribution < 1.29 is 9.53 Å². The Labute approximate surface area is 219 Å². The van der Waals surface area contributed by atoms with E-state index in [0.717, 1.165) is 67.1 Å². The monoisotopic (exact) mass is 502 g/mol. The smallest absolute Gasteiger partial charge is 0.321 e. The molecule has 37 heavy (non-hydrogen) atoms. The van der Waals surface area contributed by atoms with Crippen molar-refractivity contribution >= 4 is 22.6 Å². The molecule has 1 aromatic carbocycles. The number of likely N-dealkylation sites (tertiary alicyclic amines) is 1. The van der Waals surface area contributed by atoms with Crippen molar-refractivity contribution in [2.24, 2.45) is 0 Å². The molecule has 0 spiro atoms. The highest BCUT2D eigenvalue weighted by Crippen LogP contribution is 2.33. The molecule has 3 heterocycles. The van der Waals surface area contributed by atoms with E-state index in [0.29, 0.717) is 25.4 Å². The largest absolute Gasteiger partial charge is 0.491 e. The van der Waals surface area contributed by atoms with Crippen LogP contribution in [0.2, 0.25) is 0 Å². The van der Waals surface area contributed by atoms with E-state index in [1.165, 1.54) is 5.69 Å². The number of nitrogens with zero attached hydrogens (tertiary/aromatic N) is 5. The molecular weight excluding hydrogens is 464 g/mol. The minimum absolute atomic E-state index is 0.0374. The van der Waals surface area contributed by atoms with Gasteiger partial charge in [0.15, 0.2) is 0 Å². The first-order valence-corrected chi connectivity index (χ1v) is 13.4. The number of allylic oxidation sites excluding steroid dienone is 4. The highest BCUT2D eigenvalue weighted by Gasteiger charge is 2.27. The zero-order valence-electron chi connectivity index (χ0n) is 22.2. The van der Waals surface area contributed by atoms with E-state index < -0.39 is 0 Å². The van der Waals surface area contributed by atoms with Crippen LogP contribution in [-0.4, -0.2) is 78.2 Å². The summed E-state index contributed by atoms with van der Waals surface area (Å²) in [6.07, 6.45) is 12.1. The summed E-state index contributed by atoms with van der Waals surface area (Å²) >= 11 is 0. The summed E-state index contributed by atoms with van der Waals surface area (Å²) in [5, 5.41) is 4.24. The molecule has 2 aromatic rings. The number of hydrogen-bond donors (Lipinski definition) is 1. The van der Waals surface area contributed by atoms with Crippen LogP contribution >= 0.6 is 0 Å². The van der Waals surface area contributed by atoms with Gasteiger partial charge < -0.3 is 24.8 Å². The summed E-state index contributed by atoms with van der Waals surface area (Å²) in [5.74, 6) is 1.13. The molecule has 8 heteroatoms. The molecule has 3 aliphatic rings. The van der Waals surface area contributed by atoms with E-state index in [-0.39, 0.29) is 12.1 Å². The van der Waals surface area contributed by atoms with E-state index in [4.69, 9.17) is 9.72 Å². The zero-order chi connectivity index (χ0) is 25.8. The first-order valence-electron chi connectivity index (χ1n) is 13.4.